The van der Waals surface area contributed by atoms with Gasteiger partial charge in [-0.1, -0.05) is 13.8 Å². The Morgan fingerprint density at radius 2 is 1.93 bits per heavy atom. The molecular weight excluding hydrogens is 362 g/mol. The molecule has 2 heterocycles. The third-order valence-electron chi connectivity index (χ3n) is 4.56. The highest BCUT2D eigenvalue weighted by atomic mass is 16.5. The molecule has 0 saturated carbocycles. The Hall–Kier alpha value is -3.22. The van der Waals surface area contributed by atoms with Gasteiger partial charge in [0.25, 0.3) is 5.91 Å². The molecule has 7 nitrogen and oxygen atoms in total. The first-order chi connectivity index (χ1) is 13.4. The summed E-state index contributed by atoms with van der Waals surface area (Å²) in [6, 6.07) is 7.44. The van der Waals surface area contributed by atoms with Crippen molar-refractivity contribution in [2.24, 2.45) is 5.92 Å². The monoisotopic (exact) mass is 385 g/mol. The zero-order valence-electron chi connectivity index (χ0n) is 16.3. The average Bonchev–Trinajstić information content (AvgIpc) is 3.28. The molecule has 1 N–H and O–H groups in total. The highest BCUT2D eigenvalue weighted by Crippen LogP contribution is 2.43. The summed E-state index contributed by atoms with van der Waals surface area (Å²) < 4.78 is 16.1. The number of Topliss-reactive ketones (excluding diaryl/α,β-unsaturated/α-hetero) is 1. The topological polar surface area (TPSA) is 89.2 Å². The predicted molar refractivity (Wildman–Crippen MR) is 103 cm³/mol. The molecular formula is C21H23NO6. The molecule has 148 valence electrons. The van der Waals surface area contributed by atoms with E-state index in [9.17, 15) is 14.7 Å². The summed E-state index contributed by atoms with van der Waals surface area (Å²) in [5.74, 6) is -0.115. The van der Waals surface area contributed by atoms with E-state index in [2.05, 4.69) is 0 Å². The number of rotatable bonds is 7. The quantitative estimate of drug-likeness (QED) is 0.780. The lowest BCUT2D eigenvalue weighted by Crippen LogP contribution is -2.31. The van der Waals surface area contributed by atoms with Crippen molar-refractivity contribution in [1.29, 1.82) is 0 Å². The van der Waals surface area contributed by atoms with Crippen LogP contribution < -0.4 is 14.4 Å². The number of furan rings is 1. The van der Waals surface area contributed by atoms with E-state index in [0.717, 1.165) is 0 Å². The first kappa shape index (κ1) is 19.5. The summed E-state index contributed by atoms with van der Waals surface area (Å²) in [6.45, 7) is 3.81. The number of aliphatic hydroxyl groups excluding tert-OH is 1. The summed E-state index contributed by atoms with van der Waals surface area (Å²) >= 11 is 0. The molecule has 1 aromatic heterocycles. The van der Waals surface area contributed by atoms with Gasteiger partial charge in [-0.25, -0.2) is 0 Å². The van der Waals surface area contributed by atoms with Crippen LogP contribution in [0.2, 0.25) is 0 Å². The third-order valence-corrected chi connectivity index (χ3v) is 4.56. The van der Waals surface area contributed by atoms with Crippen molar-refractivity contribution in [3.8, 4) is 11.5 Å². The molecule has 0 saturated heterocycles. The van der Waals surface area contributed by atoms with Gasteiger partial charge in [-0.15, -0.1) is 0 Å². The molecule has 1 aliphatic rings. The van der Waals surface area contributed by atoms with Crippen molar-refractivity contribution in [3.05, 3.63) is 53.7 Å². The summed E-state index contributed by atoms with van der Waals surface area (Å²) in [6.07, 6.45) is 1.68. The lowest BCUT2D eigenvalue weighted by molar-refractivity contribution is -0.118. The number of aliphatic hydroxyl groups is 1. The Kier molecular flexibility index (Phi) is 5.44. The lowest BCUT2D eigenvalue weighted by atomic mass is 9.95. The second-order valence-electron chi connectivity index (χ2n) is 6.92. The van der Waals surface area contributed by atoms with Crippen molar-refractivity contribution in [2.45, 2.75) is 26.3 Å². The first-order valence-corrected chi connectivity index (χ1v) is 8.94. The van der Waals surface area contributed by atoms with E-state index in [1.807, 2.05) is 13.8 Å². The summed E-state index contributed by atoms with van der Waals surface area (Å²) in [5, 5.41) is 10.5. The van der Waals surface area contributed by atoms with E-state index in [1.165, 1.54) is 25.4 Å². The molecule has 0 bridgehead atoms. The standard InChI is InChI=1S/C21H23NO6/c1-12(2)10-14(23)18-19(16-6-5-9-28-16)22(21(25)20(18)24)13-7-8-15(26-3)17(11-13)27-4/h5-9,11-12,19,24H,10H2,1-4H3. The van der Waals surface area contributed by atoms with Crippen LogP contribution >= 0.6 is 0 Å². The first-order valence-electron chi connectivity index (χ1n) is 8.94. The number of ether oxygens (including phenoxy) is 2. The van der Waals surface area contributed by atoms with E-state index < -0.39 is 17.7 Å². The van der Waals surface area contributed by atoms with Crippen LogP contribution in [0.3, 0.4) is 0 Å². The van der Waals surface area contributed by atoms with Gasteiger partial charge in [0.2, 0.25) is 0 Å². The Morgan fingerprint density at radius 3 is 2.50 bits per heavy atom. The fourth-order valence-corrected chi connectivity index (χ4v) is 3.33. The zero-order chi connectivity index (χ0) is 20.4. The number of hydrogen-bond donors (Lipinski definition) is 1. The number of amides is 1. The number of benzene rings is 1. The Bertz CT molecular complexity index is 913. The van der Waals surface area contributed by atoms with Crippen molar-refractivity contribution >= 4 is 17.4 Å². The third kappa shape index (κ3) is 3.35. The normalized spacial score (nSPS) is 16.8. The SMILES string of the molecule is COc1ccc(N2C(=O)C(O)=C(C(=O)CC(C)C)C2c2ccco2)cc1OC. The van der Waals surface area contributed by atoms with Gasteiger partial charge in [-0.2, -0.15) is 0 Å². The van der Waals surface area contributed by atoms with Gasteiger partial charge in [0.1, 0.15) is 11.8 Å². The molecule has 1 aromatic carbocycles. The maximum Gasteiger partial charge on any atom is 0.294 e. The van der Waals surface area contributed by atoms with Crippen molar-refractivity contribution in [3.63, 3.8) is 0 Å². The smallest absolute Gasteiger partial charge is 0.294 e. The molecule has 2 aromatic rings. The second-order valence-corrected chi connectivity index (χ2v) is 6.92. The molecule has 0 fully saturated rings. The van der Waals surface area contributed by atoms with Crippen LogP contribution in [-0.4, -0.2) is 31.0 Å². The van der Waals surface area contributed by atoms with Crippen molar-refractivity contribution in [2.75, 3.05) is 19.1 Å². The Labute approximate surface area is 163 Å². The van der Waals surface area contributed by atoms with Crippen molar-refractivity contribution < 1.29 is 28.6 Å². The molecule has 0 radical (unpaired) electrons. The number of nitrogens with zero attached hydrogens (tertiary/aromatic N) is 1. The lowest BCUT2D eigenvalue weighted by Gasteiger charge is -2.25. The number of hydrogen-bond acceptors (Lipinski definition) is 6. The second kappa shape index (κ2) is 7.80. The van der Waals surface area contributed by atoms with Crippen LogP contribution in [0.4, 0.5) is 5.69 Å². The Balaban J connectivity index is 2.11. The van der Waals surface area contributed by atoms with E-state index in [4.69, 9.17) is 13.9 Å². The van der Waals surface area contributed by atoms with Gasteiger partial charge >= 0.3 is 0 Å². The highest BCUT2D eigenvalue weighted by Gasteiger charge is 2.45. The summed E-state index contributed by atoms with van der Waals surface area (Å²) in [5.41, 5.74) is 0.492. The molecule has 7 heteroatoms. The number of methoxy groups -OCH3 is 2. The summed E-state index contributed by atoms with van der Waals surface area (Å²) in [4.78, 5) is 27.1. The van der Waals surface area contributed by atoms with E-state index >= 15 is 0 Å². The van der Waals surface area contributed by atoms with Gasteiger partial charge in [0.05, 0.1) is 26.1 Å². The molecule has 0 spiro atoms. The number of carbonyl (C=O) groups excluding carboxylic acids is 2. The maximum absolute atomic E-state index is 12.9. The van der Waals surface area contributed by atoms with Crippen LogP contribution in [0.25, 0.3) is 0 Å². The van der Waals surface area contributed by atoms with Gasteiger partial charge in [0.15, 0.2) is 23.0 Å². The molecule has 1 unspecified atom stereocenters. The molecule has 1 aliphatic heterocycles. The molecule has 3 rings (SSSR count). The molecule has 1 atom stereocenters. The van der Waals surface area contributed by atoms with Crippen LogP contribution in [0.1, 0.15) is 32.1 Å². The fraction of sp³-hybridized carbons (Fsp3) is 0.333. The van der Waals surface area contributed by atoms with Gasteiger partial charge in [-0.05, 0) is 30.2 Å². The van der Waals surface area contributed by atoms with E-state index in [1.54, 1.807) is 30.3 Å². The van der Waals surface area contributed by atoms with Crippen LogP contribution in [0.15, 0.2) is 52.3 Å². The summed E-state index contributed by atoms with van der Waals surface area (Å²) in [7, 11) is 3.00. The van der Waals surface area contributed by atoms with Crippen LogP contribution in [-0.2, 0) is 9.59 Å². The largest absolute Gasteiger partial charge is 0.503 e. The number of ketones is 1. The zero-order valence-corrected chi connectivity index (χ0v) is 16.3. The van der Waals surface area contributed by atoms with Gasteiger partial charge < -0.3 is 19.0 Å². The molecule has 28 heavy (non-hydrogen) atoms. The fourth-order valence-electron chi connectivity index (χ4n) is 3.33. The van der Waals surface area contributed by atoms with Crippen molar-refractivity contribution in [1.82, 2.24) is 0 Å². The maximum atomic E-state index is 12.9. The van der Waals surface area contributed by atoms with Gasteiger partial charge in [-0.3, -0.25) is 14.5 Å². The Morgan fingerprint density at radius 1 is 1.21 bits per heavy atom. The minimum Gasteiger partial charge on any atom is -0.503 e. The van der Waals surface area contributed by atoms with Gasteiger partial charge in [0, 0.05) is 18.2 Å². The predicted octanol–water partition coefficient (Wildman–Crippen LogP) is 3.81. The number of carbonyl (C=O) groups is 2. The average molecular weight is 385 g/mol. The van der Waals surface area contributed by atoms with Crippen LogP contribution in [0.5, 0.6) is 11.5 Å². The highest BCUT2D eigenvalue weighted by molar-refractivity contribution is 6.16. The molecule has 0 aliphatic carbocycles. The van der Waals surface area contributed by atoms with Crippen LogP contribution in [0, 0.1) is 5.92 Å². The minimum absolute atomic E-state index is 0.0448. The molecule has 1 amide bonds. The van der Waals surface area contributed by atoms with E-state index in [0.29, 0.717) is 22.9 Å². The van der Waals surface area contributed by atoms with E-state index in [-0.39, 0.29) is 23.7 Å². The number of anilines is 1. The minimum atomic E-state index is -0.855.